The lowest BCUT2D eigenvalue weighted by Gasteiger charge is -2.18. The molecule has 0 aromatic heterocycles. The molecule has 4 nitrogen and oxygen atoms in total. The van der Waals surface area contributed by atoms with Gasteiger partial charge in [0.15, 0.2) is 5.11 Å². The Balaban J connectivity index is 3.02. The van der Waals surface area contributed by atoms with Gasteiger partial charge in [0.05, 0.1) is 12.3 Å². The topological polar surface area (TPSA) is 66.6 Å². The molecule has 0 saturated carbocycles. The highest BCUT2D eigenvalue weighted by Gasteiger charge is 2.13. The molecule has 0 saturated heterocycles. The molecular formula is C10H12N2O2S. The number of amides is 1. The number of anilines is 1. The molecule has 0 atom stereocenters. The zero-order chi connectivity index (χ0) is 11.4. The van der Waals surface area contributed by atoms with Crippen molar-refractivity contribution in [1.82, 2.24) is 0 Å². The van der Waals surface area contributed by atoms with Crippen LogP contribution in [0.25, 0.3) is 0 Å². The van der Waals surface area contributed by atoms with Crippen molar-refractivity contribution in [3.63, 3.8) is 0 Å². The standard InChI is InChI=1S/C10H12N2O2S/c1-7(14)12(10(11)15)9-4-2-8(6-13)3-5-9/h2-5,13H,6H2,1H3,(H2,11,15). The van der Waals surface area contributed by atoms with Gasteiger partial charge >= 0.3 is 0 Å². The molecule has 0 spiro atoms. The van der Waals surface area contributed by atoms with E-state index in [1.807, 2.05) is 0 Å². The zero-order valence-electron chi connectivity index (χ0n) is 8.30. The van der Waals surface area contributed by atoms with Gasteiger partial charge in [0, 0.05) is 6.92 Å². The maximum atomic E-state index is 11.2. The number of hydrogen-bond acceptors (Lipinski definition) is 3. The monoisotopic (exact) mass is 224 g/mol. The molecule has 15 heavy (non-hydrogen) atoms. The van der Waals surface area contributed by atoms with Crippen LogP contribution in [0.5, 0.6) is 0 Å². The lowest BCUT2D eigenvalue weighted by Crippen LogP contribution is -2.39. The van der Waals surface area contributed by atoms with Crippen LogP contribution in [0.1, 0.15) is 12.5 Å². The first kappa shape index (κ1) is 11.6. The number of rotatable bonds is 2. The van der Waals surface area contributed by atoms with Crippen LogP contribution >= 0.6 is 12.2 Å². The number of carbonyl (C=O) groups excluding carboxylic acids is 1. The molecule has 0 radical (unpaired) electrons. The lowest BCUT2D eigenvalue weighted by atomic mass is 10.2. The Bertz CT molecular complexity index is 362. The summed E-state index contributed by atoms with van der Waals surface area (Å²) in [7, 11) is 0. The number of hydrogen-bond donors (Lipinski definition) is 2. The van der Waals surface area contributed by atoms with Gasteiger partial charge in [-0.05, 0) is 29.9 Å². The van der Waals surface area contributed by atoms with E-state index in [9.17, 15) is 4.79 Å². The first-order valence-electron chi connectivity index (χ1n) is 4.36. The number of carbonyl (C=O) groups is 1. The van der Waals surface area contributed by atoms with Crippen LogP contribution in [-0.4, -0.2) is 16.1 Å². The summed E-state index contributed by atoms with van der Waals surface area (Å²) in [6.45, 7) is 1.35. The highest BCUT2D eigenvalue weighted by atomic mass is 32.1. The van der Waals surface area contributed by atoms with E-state index in [1.54, 1.807) is 24.3 Å². The van der Waals surface area contributed by atoms with Gasteiger partial charge in [-0.2, -0.15) is 0 Å². The number of nitrogens with two attached hydrogens (primary N) is 1. The summed E-state index contributed by atoms with van der Waals surface area (Å²) in [6.07, 6.45) is 0. The van der Waals surface area contributed by atoms with Crippen molar-refractivity contribution in [3.8, 4) is 0 Å². The number of benzene rings is 1. The van der Waals surface area contributed by atoms with Crippen LogP contribution < -0.4 is 10.6 Å². The third-order valence-electron chi connectivity index (χ3n) is 1.91. The van der Waals surface area contributed by atoms with Crippen LogP contribution in [-0.2, 0) is 11.4 Å². The summed E-state index contributed by atoms with van der Waals surface area (Å²) in [5, 5.41) is 8.87. The normalized spacial score (nSPS) is 9.73. The van der Waals surface area contributed by atoms with Gasteiger partial charge in [-0.15, -0.1) is 0 Å². The fourth-order valence-electron chi connectivity index (χ4n) is 1.21. The Labute approximate surface area is 93.3 Å². The quantitative estimate of drug-likeness (QED) is 0.728. The van der Waals surface area contributed by atoms with Crippen molar-refractivity contribution in [2.45, 2.75) is 13.5 Å². The fourth-order valence-corrected chi connectivity index (χ4v) is 1.45. The molecule has 1 aromatic rings. The fraction of sp³-hybridized carbons (Fsp3) is 0.200. The smallest absolute Gasteiger partial charge is 0.230 e. The molecule has 1 rings (SSSR count). The Morgan fingerprint density at radius 3 is 2.33 bits per heavy atom. The third kappa shape index (κ3) is 2.74. The molecule has 1 aromatic carbocycles. The molecule has 0 aliphatic carbocycles. The summed E-state index contributed by atoms with van der Waals surface area (Å²) in [5.41, 5.74) is 6.80. The number of aliphatic hydroxyl groups is 1. The average Bonchev–Trinajstić information content (AvgIpc) is 2.18. The SMILES string of the molecule is CC(=O)N(C(N)=S)c1ccc(CO)cc1. The summed E-state index contributed by atoms with van der Waals surface area (Å²) >= 11 is 4.77. The molecule has 0 bridgehead atoms. The highest BCUT2D eigenvalue weighted by molar-refractivity contribution is 7.80. The molecule has 3 N–H and O–H groups in total. The van der Waals surface area contributed by atoms with Crippen molar-refractivity contribution in [2.24, 2.45) is 5.73 Å². The predicted molar refractivity (Wildman–Crippen MR) is 62.3 cm³/mol. The van der Waals surface area contributed by atoms with Crippen LogP contribution in [0.15, 0.2) is 24.3 Å². The van der Waals surface area contributed by atoms with Crippen molar-refractivity contribution < 1.29 is 9.90 Å². The van der Waals surface area contributed by atoms with Gasteiger partial charge in [-0.3, -0.25) is 9.69 Å². The molecule has 0 fully saturated rings. The van der Waals surface area contributed by atoms with E-state index in [4.69, 9.17) is 23.1 Å². The first-order chi connectivity index (χ1) is 7.06. The van der Waals surface area contributed by atoms with E-state index in [0.717, 1.165) is 5.56 Å². The highest BCUT2D eigenvalue weighted by Crippen LogP contribution is 2.15. The second-order valence-electron chi connectivity index (χ2n) is 3.02. The van der Waals surface area contributed by atoms with Crippen LogP contribution in [0.3, 0.4) is 0 Å². The van der Waals surface area contributed by atoms with Gasteiger partial charge in [-0.25, -0.2) is 0 Å². The lowest BCUT2D eigenvalue weighted by molar-refractivity contribution is -0.115. The van der Waals surface area contributed by atoms with Gasteiger partial charge in [0.2, 0.25) is 5.91 Å². The van der Waals surface area contributed by atoms with Gasteiger partial charge < -0.3 is 10.8 Å². The average molecular weight is 224 g/mol. The van der Waals surface area contributed by atoms with Crippen molar-refractivity contribution >= 4 is 28.9 Å². The van der Waals surface area contributed by atoms with Crippen LogP contribution in [0.2, 0.25) is 0 Å². The van der Waals surface area contributed by atoms with Crippen molar-refractivity contribution in [1.29, 1.82) is 0 Å². The minimum absolute atomic E-state index is 0.0132. The Kier molecular flexibility index (Phi) is 3.76. The largest absolute Gasteiger partial charge is 0.392 e. The molecule has 0 aliphatic heterocycles. The van der Waals surface area contributed by atoms with Gasteiger partial charge in [-0.1, -0.05) is 12.1 Å². The minimum atomic E-state index is -0.237. The van der Waals surface area contributed by atoms with E-state index in [2.05, 4.69) is 0 Å². The molecule has 0 unspecified atom stereocenters. The molecular weight excluding hydrogens is 212 g/mol. The molecule has 5 heteroatoms. The number of aliphatic hydroxyl groups excluding tert-OH is 1. The summed E-state index contributed by atoms with van der Waals surface area (Å²) in [6, 6.07) is 6.80. The van der Waals surface area contributed by atoms with E-state index in [1.165, 1.54) is 11.8 Å². The Hall–Kier alpha value is -1.46. The number of nitrogens with zero attached hydrogens (tertiary/aromatic N) is 1. The number of thiocarbonyl (C=S) groups is 1. The van der Waals surface area contributed by atoms with E-state index in [0.29, 0.717) is 5.69 Å². The molecule has 0 heterocycles. The molecule has 80 valence electrons. The van der Waals surface area contributed by atoms with E-state index < -0.39 is 0 Å². The maximum absolute atomic E-state index is 11.2. The zero-order valence-corrected chi connectivity index (χ0v) is 9.12. The second-order valence-corrected chi connectivity index (χ2v) is 3.44. The molecule has 0 aliphatic rings. The molecule has 1 amide bonds. The first-order valence-corrected chi connectivity index (χ1v) is 4.77. The summed E-state index contributed by atoms with van der Waals surface area (Å²) < 4.78 is 0. The van der Waals surface area contributed by atoms with Crippen molar-refractivity contribution in [2.75, 3.05) is 4.90 Å². The van der Waals surface area contributed by atoms with Crippen LogP contribution in [0, 0.1) is 0 Å². The van der Waals surface area contributed by atoms with Gasteiger partial charge in [0.1, 0.15) is 0 Å². The van der Waals surface area contributed by atoms with Crippen molar-refractivity contribution in [3.05, 3.63) is 29.8 Å². The second kappa shape index (κ2) is 4.86. The Morgan fingerprint density at radius 1 is 1.47 bits per heavy atom. The van der Waals surface area contributed by atoms with E-state index >= 15 is 0 Å². The summed E-state index contributed by atoms with van der Waals surface area (Å²) in [4.78, 5) is 12.5. The minimum Gasteiger partial charge on any atom is -0.392 e. The summed E-state index contributed by atoms with van der Waals surface area (Å²) in [5.74, 6) is -0.237. The maximum Gasteiger partial charge on any atom is 0.230 e. The third-order valence-corrected chi connectivity index (χ3v) is 2.09. The van der Waals surface area contributed by atoms with Gasteiger partial charge in [0.25, 0.3) is 0 Å². The van der Waals surface area contributed by atoms with Crippen LogP contribution in [0.4, 0.5) is 5.69 Å². The van der Waals surface area contributed by atoms with E-state index in [-0.39, 0.29) is 17.6 Å². The Morgan fingerprint density at radius 2 is 2.00 bits per heavy atom. The predicted octanol–water partition coefficient (Wildman–Crippen LogP) is 0.775.